The van der Waals surface area contributed by atoms with Crippen molar-refractivity contribution in [1.82, 2.24) is 14.7 Å². The highest BCUT2D eigenvalue weighted by Crippen LogP contribution is 2.33. The van der Waals surface area contributed by atoms with Gasteiger partial charge in [0, 0.05) is 56.1 Å². The molecule has 0 aliphatic carbocycles. The molecule has 138 valence electrons. The van der Waals surface area contributed by atoms with E-state index in [0.29, 0.717) is 12.3 Å². The number of nitrogens with zero attached hydrogens (tertiary/aromatic N) is 3. The number of amides is 1. The Labute approximate surface area is 156 Å². The van der Waals surface area contributed by atoms with Crippen LogP contribution in [0.5, 0.6) is 0 Å². The summed E-state index contributed by atoms with van der Waals surface area (Å²) in [5.41, 5.74) is 1.57. The monoisotopic (exact) mass is 361 g/mol. The second-order valence-corrected chi connectivity index (χ2v) is 8.24. The number of likely N-dealkylation sites (tertiary alicyclic amines) is 1. The van der Waals surface area contributed by atoms with E-state index in [2.05, 4.69) is 54.3 Å². The highest BCUT2D eigenvalue weighted by Gasteiger charge is 2.42. The first-order chi connectivity index (χ1) is 12.1. The zero-order chi connectivity index (χ0) is 17.9. The fourth-order valence-electron chi connectivity index (χ4n) is 4.32. The molecule has 2 aliphatic rings. The van der Waals surface area contributed by atoms with E-state index in [1.807, 2.05) is 16.7 Å². The second kappa shape index (κ2) is 8.11. The highest BCUT2D eigenvalue weighted by atomic mass is 32.2. The summed E-state index contributed by atoms with van der Waals surface area (Å²) in [5.74, 6) is 0.331. The predicted octanol–water partition coefficient (Wildman–Crippen LogP) is 2.93. The summed E-state index contributed by atoms with van der Waals surface area (Å²) in [6, 6.07) is 8.74. The molecule has 0 aromatic heterocycles. The minimum atomic E-state index is 0.145. The van der Waals surface area contributed by atoms with Crippen molar-refractivity contribution in [3.05, 3.63) is 29.8 Å². The molecule has 0 bridgehead atoms. The summed E-state index contributed by atoms with van der Waals surface area (Å²) in [7, 11) is 2.25. The molecule has 1 atom stereocenters. The minimum absolute atomic E-state index is 0.145. The number of carbonyl (C=O) groups is 1. The van der Waals surface area contributed by atoms with Gasteiger partial charge in [-0.25, -0.2) is 0 Å². The summed E-state index contributed by atoms with van der Waals surface area (Å²) >= 11 is 1.83. The van der Waals surface area contributed by atoms with Crippen LogP contribution in [0.2, 0.25) is 0 Å². The molecule has 0 N–H and O–H groups in total. The molecule has 1 aromatic rings. The third kappa shape index (κ3) is 4.04. The average molecular weight is 362 g/mol. The van der Waals surface area contributed by atoms with Crippen molar-refractivity contribution >= 4 is 17.7 Å². The Hall–Kier alpha value is -1.04. The molecule has 4 nitrogen and oxygen atoms in total. The molecule has 2 fully saturated rings. The summed E-state index contributed by atoms with van der Waals surface area (Å²) in [5, 5.41) is 0. The number of likely N-dealkylation sites (N-methyl/N-ethyl adjacent to an activating group) is 1. The summed E-state index contributed by atoms with van der Waals surface area (Å²) < 4.78 is 0. The van der Waals surface area contributed by atoms with Crippen molar-refractivity contribution in [1.29, 1.82) is 0 Å². The number of hydrogen-bond acceptors (Lipinski definition) is 4. The fourth-order valence-corrected chi connectivity index (χ4v) is 4.93. The first kappa shape index (κ1) is 18.7. The molecule has 5 heteroatoms. The molecule has 1 amide bonds. The SMILES string of the molecule is CCN1CCC2(CCC1=O)CN(Cc1ccccc1SC)CCN2C. The highest BCUT2D eigenvalue weighted by molar-refractivity contribution is 7.98. The lowest BCUT2D eigenvalue weighted by Gasteiger charge is -2.49. The average Bonchev–Trinajstić information content (AvgIpc) is 2.79. The Morgan fingerprint density at radius 2 is 1.96 bits per heavy atom. The van der Waals surface area contributed by atoms with Crippen molar-refractivity contribution in [2.24, 2.45) is 0 Å². The number of benzene rings is 1. The molecule has 0 radical (unpaired) electrons. The fraction of sp³-hybridized carbons (Fsp3) is 0.650. The zero-order valence-corrected chi connectivity index (χ0v) is 16.6. The molecule has 1 spiro atoms. The van der Waals surface area contributed by atoms with E-state index >= 15 is 0 Å². The lowest BCUT2D eigenvalue weighted by molar-refractivity contribution is -0.130. The van der Waals surface area contributed by atoms with Crippen LogP contribution in [-0.4, -0.2) is 72.2 Å². The van der Waals surface area contributed by atoms with E-state index in [0.717, 1.165) is 52.1 Å². The van der Waals surface area contributed by atoms with Gasteiger partial charge < -0.3 is 4.90 Å². The number of hydrogen-bond donors (Lipinski definition) is 0. The Kier molecular flexibility index (Phi) is 6.08. The van der Waals surface area contributed by atoms with Gasteiger partial charge in [0.1, 0.15) is 0 Å². The lowest BCUT2D eigenvalue weighted by Crippen LogP contribution is -2.60. The van der Waals surface area contributed by atoms with E-state index in [-0.39, 0.29) is 5.54 Å². The smallest absolute Gasteiger partial charge is 0.222 e. The van der Waals surface area contributed by atoms with E-state index in [1.165, 1.54) is 10.5 Å². The largest absolute Gasteiger partial charge is 0.343 e. The molecular weight excluding hydrogens is 330 g/mol. The Bertz CT molecular complexity index is 608. The van der Waals surface area contributed by atoms with Gasteiger partial charge in [-0.15, -0.1) is 11.8 Å². The van der Waals surface area contributed by atoms with Gasteiger partial charge in [0.2, 0.25) is 5.91 Å². The normalized spacial score (nSPS) is 26.2. The number of thioether (sulfide) groups is 1. The molecular formula is C20H31N3OS. The maximum Gasteiger partial charge on any atom is 0.222 e. The maximum absolute atomic E-state index is 12.3. The van der Waals surface area contributed by atoms with E-state index in [4.69, 9.17) is 0 Å². The summed E-state index contributed by atoms with van der Waals surface area (Å²) in [4.78, 5) is 20.9. The van der Waals surface area contributed by atoms with E-state index in [9.17, 15) is 4.79 Å². The van der Waals surface area contributed by atoms with Crippen molar-refractivity contribution < 1.29 is 4.79 Å². The van der Waals surface area contributed by atoms with Gasteiger partial charge in [-0.2, -0.15) is 0 Å². The first-order valence-electron chi connectivity index (χ1n) is 9.41. The van der Waals surface area contributed by atoms with Crippen LogP contribution in [-0.2, 0) is 11.3 Å². The van der Waals surface area contributed by atoms with Crippen molar-refractivity contribution in [2.45, 2.75) is 43.2 Å². The van der Waals surface area contributed by atoms with Gasteiger partial charge in [0.25, 0.3) is 0 Å². The third-order valence-corrected chi connectivity index (χ3v) is 6.89. The van der Waals surface area contributed by atoms with Crippen molar-refractivity contribution in [2.75, 3.05) is 46.0 Å². The van der Waals surface area contributed by atoms with E-state index in [1.54, 1.807) is 0 Å². The van der Waals surface area contributed by atoms with Gasteiger partial charge in [-0.1, -0.05) is 18.2 Å². The number of piperazine rings is 1. The van der Waals surface area contributed by atoms with E-state index < -0.39 is 0 Å². The zero-order valence-electron chi connectivity index (χ0n) is 15.8. The molecule has 2 heterocycles. The first-order valence-corrected chi connectivity index (χ1v) is 10.6. The molecule has 2 aliphatic heterocycles. The van der Waals surface area contributed by atoms with Crippen LogP contribution in [0, 0.1) is 0 Å². The van der Waals surface area contributed by atoms with Gasteiger partial charge in [-0.3, -0.25) is 14.6 Å². The number of rotatable bonds is 4. The maximum atomic E-state index is 12.3. The van der Waals surface area contributed by atoms with Crippen LogP contribution < -0.4 is 0 Å². The molecule has 3 rings (SSSR count). The van der Waals surface area contributed by atoms with Crippen LogP contribution in [0.3, 0.4) is 0 Å². The van der Waals surface area contributed by atoms with Crippen LogP contribution in [0.15, 0.2) is 29.2 Å². The molecule has 1 unspecified atom stereocenters. The van der Waals surface area contributed by atoms with Crippen molar-refractivity contribution in [3.63, 3.8) is 0 Å². The van der Waals surface area contributed by atoms with Crippen LogP contribution in [0.4, 0.5) is 0 Å². The van der Waals surface area contributed by atoms with Crippen molar-refractivity contribution in [3.8, 4) is 0 Å². The van der Waals surface area contributed by atoms with Gasteiger partial charge in [0.15, 0.2) is 0 Å². The van der Waals surface area contributed by atoms with Crippen LogP contribution in [0.25, 0.3) is 0 Å². The number of carbonyl (C=O) groups excluding carboxylic acids is 1. The lowest BCUT2D eigenvalue weighted by atomic mass is 9.86. The quantitative estimate of drug-likeness (QED) is 0.771. The predicted molar refractivity (Wildman–Crippen MR) is 105 cm³/mol. The topological polar surface area (TPSA) is 26.8 Å². The van der Waals surface area contributed by atoms with Crippen LogP contribution in [0.1, 0.15) is 31.7 Å². The molecule has 0 saturated carbocycles. The minimum Gasteiger partial charge on any atom is -0.343 e. The standard InChI is InChI=1S/C20H31N3OS/c1-4-23-12-11-20(10-9-19(23)24)16-22(14-13-21(20)2)15-17-7-5-6-8-18(17)25-3/h5-8H,4,9-16H2,1-3H3. The Morgan fingerprint density at radius 3 is 2.72 bits per heavy atom. The molecule has 25 heavy (non-hydrogen) atoms. The van der Waals surface area contributed by atoms with Crippen LogP contribution >= 0.6 is 11.8 Å². The third-order valence-electron chi connectivity index (χ3n) is 6.05. The molecule has 1 aromatic carbocycles. The summed E-state index contributed by atoms with van der Waals surface area (Å²) in [6.45, 7) is 8.09. The second-order valence-electron chi connectivity index (χ2n) is 7.39. The Balaban J connectivity index is 1.74. The van der Waals surface area contributed by atoms with Gasteiger partial charge >= 0.3 is 0 Å². The summed E-state index contributed by atoms with van der Waals surface area (Å²) in [6.07, 6.45) is 4.91. The van der Waals surface area contributed by atoms with Gasteiger partial charge in [0.05, 0.1) is 0 Å². The Morgan fingerprint density at radius 1 is 1.16 bits per heavy atom. The van der Waals surface area contributed by atoms with Gasteiger partial charge in [-0.05, 0) is 44.7 Å². The molecule has 2 saturated heterocycles.